The van der Waals surface area contributed by atoms with E-state index in [1.54, 1.807) is 25.1 Å². The van der Waals surface area contributed by atoms with E-state index in [1.165, 1.54) is 0 Å². The number of anilines is 2. The van der Waals surface area contributed by atoms with Crippen molar-refractivity contribution in [2.75, 3.05) is 24.2 Å². The van der Waals surface area contributed by atoms with E-state index in [9.17, 15) is 9.59 Å². The zero-order chi connectivity index (χ0) is 14.3. The summed E-state index contributed by atoms with van der Waals surface area (Å²) in [6, 6.07) is 5.03. The predicted octanol–water partition coefficient (Wildman–Crippen LogP) is 1.12. The van der Waals surface area contributed by atoms with Crippen LogP contribution in [0.25, 0.3) is 0 Å². The topological polar surface area (TPSA) is 107 Å². The van der Waals surface area contributed by atoms with Gasteiger partial charge >= 0.3 is 5.97 Å². The van der Waals surface area contributed by atoms with Crippen molar-refractivity contribution in [2.45, 2.75) is 19.8 Å². The summed E-state index contributed by atoms with van der Waals surface area (Å²) in [4.78, 5) is 22.4. The average molecular weight is 265 g/mol. The smallest absolute Gasteiger partial charge is 0.340 e. The molecule has 0 radical (unpaired) electrons. The summed E-state index contributed by atoms with van der Waals surface area (Å²) in [5, 5.41) is 3.04. The molecule has 0 aliphatic carbocycles. The molecular formula is C13H19N3O3. The summed E-state index contributed by atoms with van der Waals surface area (Å²) in [6.45, 7) is 2.54. The number of esters is 1. The van der Waals surface area contributed by atoms with Gasteiger partial charge in [-0.3, -0.25) is 4.79 Å². The summed E-state index contributed by atoms with van der Waals surface area (Å²) in [5.74, 6) is -0.777. The molecule has 0 aliphatic rings. The van der Waals surface area contributed by atoms with Gasteiger partial charge in [0.1, 0.15) is 0 Å². The summed E-state index contributed by atoms with van der Waals surface area (Å²) in [6.07, 6.45) is 0.862. The lowest BCUT2D eigenvalue weighted by atomic mass is 10.1. The number of rotatable bonds is 7. The first-order valence-electron chi connectivity index (χ1n) is 6.14. The Bertz CT molecular complexity index is 460. The second-order valence-corrected chi connectivity index (χ2v) is 3.99. The number of carbonyl (C=O) groups is 2. The molecule has 0 aliphatic heterocycles. The highest BCUT2D eigenvalue weighted by molar-refractivity contribution is 5.98. The summed E-state index contributed by atoms with van der Waals surface area (Å²) in [5.41, 5.74) is 12.3. The SMILES string of the molecule is CCOC(=O)c1cccc(N)c1NCCCC(N)=O. The maximum Gasteiger partial charge on any atom is 0.340 e. The van der Waals surface area contributed by atoms with E-state index in [0.29, 0.717) is 36.5 Å². The zero-order valence-electron chi connectivity index (χ0n) is 10.9. The normalized spacial score (nSPS) is 9.95. The lowest BCUT2D eigenvalue weighted by Gasteiger charge is -2.13. The fraction of sp³-hybridized carbons (Fsp3) is 0.385. The quantitative estimate of drug-likeness (QED) is 0.389. The Kier molecular flexibility index (Phi) is 5.66. The van der Waals surface area contributed by atoms with E-state index in [1.807, 2.05) is 0 Å². The standard InChI is InChI=1S/C13H19N3O3/c1-2-19-13(18)9-5-3-6-10(14)12(9)16-8-4-7-11(15)17/h3,5-6,16H,2,4,7-8,14H2,1H3,(H2,15,17). The molecule has 104 valence electrons. The van der Waals surface area contributed by atoms with Crippen LogP contribution in [0.5, 0.6) is 0 Å². The molecule has 0 bridgehead atoms. The van der Waals surface area contributed by atoms with Gasteiger partial charge in [0.15, 0.2) is 0 Å². The van der Waals surface area contributed by atoms with E-state index in [0.717, 1.165) is 0 Å². The van der Waals surface area contributed by atoms with Crippen LogP contribution in [-0.2, 0) is 9.53 Å². The zero-order valence-corrected chi connectivity index (χ0v) is 10.9. The maximum atomic E-state index is 11.8. The van der Waals surface area contributed by atoms with E-state index in [-0.39, 0.29) is 12.3 Å². The Morgan fingerprint density at radius 3 is 2.74 bits per heavy atom. The van der Waals surface area contributed by atoms with Crippen molar-refractivity contribution >= 4 is 23.3 Å². The first-order chi connectivity index (χ1) is 9.06. The Balaban J connectivity index is 2.74. The van der Waals surface area contributed by atoms with E-state index < -0.39 is 5.97 Å². The van der Waals surface area contributed by atoms with Crippen LogP contribution in [-0.4, -0.2) is 25.0 Å². The number of carbonyl (C=O) groups excluding carboxylic acids is 2. The second-order valence-electron chi connectivity index (χ2n) is 3.99. The number of para-hydroxylation sites is 1. The lowest BCUT2D eigenvalue weighted by molar-refractivity contribution is -0.118. The van der Waals surface area contributed by atoms with Crippen molar-refractivity contribution in [1.29, 1.82) is 0 Å². The minimum atomic E-state index is -0.424. The molecule has 0 saturated carbocycles. The number of ether oxygens (including phenoxy) is 1. The molecule has 6 nitrogen and oxygen atoms in total. The molecule has 0 heterocycles. The van der Waals surface area contributed by atoms with Crippen molar-refractivity contribution < 1.29 is 14.3 Å². The van der Waals surface area contributed by atoms with Crippen molar-refractivity contribution in [2.24, 2.45) is 5.73 Å². The molecule has 1 rings (SSSR count). The summed E-state index contributed by atoms with van der Waals surface area (Å²) < 4.78 is 4.96. The van der Waals surface area contributed by atoms with Gasteiger partial charge < -0.3 is 21.5 Å². The molecule has 0 unspecified atom stereocenters. The number of nitrogen functional groups attached to an aromatic ring is 1. The van der Waals surface area contributed by atoms with Crippen LogP contribution in [0.4, 0.5) is 11.4 Å². The van der Waals surface area contributed by atoms with E-state index in [2.05, 4.69) is 5.32 Å². The highest BCUT2D eigenvalue weighted by Crippen LogP contribution is 2.24. The number of hydrogen-bond acceptors (Lipinski definition) is 5. The fourth-order valence-corrected chi connectivity index (χ4v) is 1.62. The summed E-state index contributed by atoms with van der Waals surface area (Å²) in [7, 11) is 0. The molecule has 0 aromatic heterocycles. The van der Waals surface area contributed by atoms with Crippen LogP contribution in [0, 0.1) is 0 Å². The monoisotopic (exact) mass is 265 g/mol. The second kappa shape index (κ2) is 7.25. The number of nitrogens with two attached hydrogens (primary N) is 2. The Morgan fingerprint density at radius 2 is 2.11 bits per heavy atom. The van der Waals surface area contributed by atoms with Crippen molar-refractivity contribution in [3.05, 3.63) is 23.8 Å². The van der Waals surface area contributed by atoms with Gasteiger partial charge in [-0.25, -0.2) is 4.79 Å². The van der Waals surface area contributed by atoms with Gasteiger partial charge in [0.25, 0.3) is 0 Å². The molecule has 0 atom stereocenters. The molecule has 1 aromatic rings. The molecule has 0 spiro atoms. The fourth-order valence-electron chi connectivity index (χ4n) is 1.62. The lowest BCUT2D eigenvalue weighted by Crippen LogP contribution is -2.15. The van der Waals surface area contributed by atoms with Crippen molar-refractivity contribution in [3.63, 3.8) is 0 Å². The Morgan fingerprint density at radius 1 is 1.37 bits per heavy atom. The Hall–Kier alpha value is -2.24. The molecular weight excluding hydrogens is 246 g/mol. The Labute approximate surface area is 112 Å². The minimum Gasteiger partial charge on any atom is -0.462 e. The molecule has 1 aromatic carbocycles. The molecule has 0 saturated heterocycles. The van der Waals surface area contributed by atoms with Gasteiger partial charge in [-0.1, -0.05) is 6.07 Å². The highest BCUT2D eigenvalue weighted by Gasteiger charge is 2.14. The first kappa shape index (κ1) is 14.8. The largest absolute Gasteiger partial charge is 0.462 e. The van der Waals surface area contributed by atoms with Gasteiger partial charge in [0.2, 0.25) is 5.91 Å². The predicted molar refractivity (Wildman–Crippen MR) is 73.7 cm³/mol. The van der Waals surface area contributed by atoms with Gasteiger partial charge in [-0.05, 0) is 25.5 Å². The van der Waals surface area contributed by atoms with Gasteiger partial charge in [-0.2, -0.15) is 0 Å². The highest BCUT2D eigenvalue weighted by atomic mass is 16.5. The van der Waals surface area contributed by atoms with Crippen LogP contribution in [0.2, 0.25) is 0 Å². The maximum absolute atomic E-state index is 11.8. The average Bonchev–Trinajstić information content (AvgIpc) is 2.36. The number of benzene rings is 1. The van der Waals surface area contributed by atoms with Crippen LogP contribution in [0.15, 0.2) is 18.2 Å². The molecule has 6 heteroatoms. The van der Waals surface area contributed by atoms with Gasteiger partial charge in [0.05, 0.1) is 23.5 Å². The molecule has 1 amide bonds. The minimum absolute atomic E-state index is 0.286. The van der Waals surface area contributed by atoms with Crippen LogP contribution in [0.1, 0.15) is 30.1 Å². The number of primary amides is 1. The van der Waals surface area contributed by atoms with Gasteiger partial charge in [-0.15, -0.1) is 0 Å². The third-order valence-corrected chi connectivity index (χ3v) is 2.49. The van der Waals surface area contributed by atoms with Gasteiger partial charge in [0, 0.05) is 13.0 Å². The van der Waals surface area contributed by atoms with E-state index >= 15 is 0 Å². The molecule has 5 N–H and O–H groups in total. The van der Waals surface area contributed by atoms with E-state index in [4.69, 9.17) is 16.2 Å². The van der Waals surface area contributed by atoms with Crippen LogP contribution < -0.4 is 16.8 Å². The molecule has 0 fully saturated rings. The number of hydrogen-bond donors (Lipinski definition) is 3. The van der Waals surface area contributed by atoms with Crippen molar-refractivity contribution in [1.82, 2.24) is 0 Å². The van der Waals surface area contributed by atoms with Crippen molar-refractivity contribution in [3.8, 4) is 0 Å². The third kappa shape index (κ3) is 4.50. The first-order valence-corrected chi connectivity index (χ1v) is 6.14. The third-order valence-electron chi connectivity index (χ3n) is 2.49. The molecule has 19 heavy (non-hydrogen) atoms. The van der Waals surface area contributed by atoms with Crippen LogP contribution in [0.3, 0.4) is 0 Å². The van der Waals surface area contributed by atoms with Crippen LogP contribution >= 0.6 is 0 Å². The number of amides is 1. The summed E-state index contributed by atoms with van der Waals surface area (Å²) >= 11 is 0. The number of nitrogens with one attached hydrogen (secondary N) is 1.